The minimum Gasteiger partial charge on any atom is -0.462 e. The van der Waals surface area contributed by atoms with Crippen LogP contribution in [0.15, 0.2) is 59.9 Å². The Morgan fingerprint density at radius 3 is 2.53 bits per heavy atom. The normalized spacial score (nSPS) is 11.2. The highest BCUT2D eigenvalue weighted by Gasteiger charge is 2.16. The number of aromatic nitrogens is 3. The molecule has 10 nitrogen and oxygen atoms in total. The van der Waals surface area contributed by atoms with Gasteiger partial charge >= 0.3 is 5.97 Å². The van der Waals surface area contributed by atoms with Crippen LogP contribution in [0.4, 0.5) is 5.69 Å². The second-order valence-electron chi connectivity index (χ2n) is 6.71. The molecule has 0 bridgehead atoms. The van der Waals surface area contributed by atoms with Gasteiger partial charge in [0.1, 0.15) is 10.5 Å². The third-order valence-corrected chi connectivity index (χ3v) is 5.94. The number of esters is 1. The van der Waals surface area contributed by atoms with Gasteiger partial charge in [0.25, 0.3) is 0 Å². The molecule has 168 valence electrons. The van der Waals surface area contributed by atoms with E-state index in [9.17, 15) is 18.0 Å². The van der Waals surface area contributed by atoms with Gasteiger partial charge in [0.15, 0.2) is 0 Å². The van der Waals surface area contributed by atoms with E-state index in [4.69, 9.17) is 4.74 Å². The molecule has 0 aliphatic carbocycles. The number of benzene rings is 1. The zero-order chi connectivity index (χ0) is 23.1. The van der Waals surface area contributed by atoms with E-state index in [2.05, 4.69) is 20.1 Å². The van der Waals surface area contributed by atoms with Crippen molar-refractivity contribution >= 4 is 27.6 Å². The maximum Gasteiger partial charge on any atom is 0.341 e. The Kier molecular flexibility index (Phi) is 7.33. The summed E-state index contributed by atoms with van der Waals surface area (Å²) in [5.41, 5.74) is 2.28. The number of amides is 1. The summed E-state index contributed by atoms with van der Waals surface area (Å²) in [5.74, 6) is -0.772. The Hall–Kier alpha value is -3.57. The van der Waals surface area contributed by atoms with E-state index in [1.165, 1.54) is 30.7 Å². The maximum atomic E-state index is 12.2. The van der Waals surface area contributed by atoms with E-state index in [-0.39, 0.29) is 30.4 Å². The number of carbonyl (C=O) groups is 2. The van der Waals surface area contributed by atoms with Crippen LogP contribution in [0.5, 0.6) is 0 Å². The molecule has 0 aliphatic heterocycles. The Morgan fingerprint density at radius 2 is 1.88 bits per heavy atom. The van der Waals surface area contributed by atoms with E-state index in [0.717, 1.165) is 0 Å². The lowest BCUT2D eigenvalue weighted by Crippen LogP contribution is -2.27. The quantitative estimate of drug-likeness (QED) is 0.470. The van der Waals surface area contributed by atoms with Gasteiger partial charge in [0, 0.05) is 31.0 Å². The molecule has 2 N–H and O–H groups in total. The first-order chi connectivity index (χ1) is 15.3. The van der Waals surface area contributed by atoms with E-state index < -0.39 is 16.0 Å². The van der Waals surface area contributed by atoms with Crippen molar-refractivity contribution in [2.45, 2.75) is 25.2 Å². The summed E-state index contributed by atoms with van der Waals surface area (Å²) in [5, 5.41) is 6.94. The molecule has 0 spiro atoms. The van der Waals surface area contributed by atoms with Crippen LogP contribution in [0.3, 0.4) is 0 Å². The van der Waals surface area contributed by atoms with Crippen molar-refractivity contribution in [2.24, 2.45) is 0 Å². The van der Waals surface area contributed by atoms with Crippen LogP contribution in [0.2, 0.25) is 0 Å². The molecule has 0 fully saturated rings. The first-order valence-corrected chi connectivity index (χ1v) is 11.3. The van der Waals surface area contributed by atoms with E-state index in [1.54, 1.807) is 42.8 Å². The molecule has 0 atom stereocenters. The van der Waals surface area contributed by atoms with Gasteiger partial charge < -0.3 is 10.1 Å². The van der Waals surface area contributed by atoms with Crippen molar-refractivity contribution in [1.29, 1.82) is 0 Å². The lowest BCUT2D eigenvalue weighted by Gasteiger charge is -2.09. The third-order valence-electron chi connectivity index (χ3n) is 4.49. The summed E-state index contributed by atoms with van der Waals surface area (Å²) in [4.78, 5) is 27.9. The first kappa shape index (κ1) is 23.1. The second kappa shape index (κ2) is 10.2. The fourth-order valence-corrected chi connectivity index (χ4v) is 3.87. The lowest BCUT2D eigenvalue weighted by atomic mass is 10.2. The lowest BCUT2D eigenvalue weighted by molar-refractivity contribution is -0.116. The van der Waals surface area contributed by atoms with Gasteiger partial charge in [-0.25, -0.2) is 22.6 Å². The largest absolute Gasteiger partial charge is 0.462 e. The maximum absolute atomic E-state index is 12.2. The summed E-state index contributed by atoms with van der Waals surface area (Å²) in [6.07, 6.45) is 4.13. The summed E-state index contributed by atoms with van der Waals surface area (Å²) >= 11 is 0. The highest BCUT2D eigenvalue weighted by Crippen LogP contribution is 2.18. The number of hydrogen-bond donors (Lipinski definition) is 2. The number of nitrogens with one attached hydrogen (secondary N) is 2. The van der Waals surface area contributed by atoms with Crippen LogP contribution in [0.25, 0.3) is 5.69 Å². The fraction of sp³-hybridized carbons (Fsp3) is 0.238. The molecule has 0 aliphatic rings. The van der Waals surface area contributed by atoms with Crippen molar-refractivity contribution in [3.05, 3.63) is 66.2 Å². The first-order valence-electron chi connectivity index (χ1n) is 9.83. The number of nitrogens with zero attached hydrogens (tertiary/aromatic N) is 3. The molecule has 0 radical (unpaired) electrons. The zero-order valence-electron chi connectivity index (χ0n) is 17.6. The van der Waals surface area contributed by atoms with Gasteiger partial charge in [-0.2, -0.15) is 5.10 Å². The van der Waals surface area contributed by atoms with Crippen LogP contribution in [-0.4, -0.2) is 48.2 Å². The number of anilines is 1. The van der Waals surface area contributed by atoms with Crippen LogP contribution < -0.4 is 10.0 Å². The Bertz CT molecular complexity index is 1190. The predicted octanol–water partition coefficient (Wildman–Crippen LogP) is 2.06. The number of ether oxygens (including phenoxy) is 1. The van der Waals surface area contributed by atoms with Gasteiger partial charge in [0.05, 0.1) is 24.2 Å². The van der Waals surface area contributed by atoms with Crippen molar-refractivity contribution in [2.75, 3.05) is 18.5 Å². The van der Waals surface area contributed by atoms with Gasteiger partial charge in [-0.1, -0.05) is 0 Å². The van der Waals surface area contributed by atoms with Gasteiger partial charge in [-0.3, -0.25) is 9.78 Å². The molecule has 1 amide bonds. The molecule has 3 aromatic rings. The molecule has 1 aromatic carbocycles. The zero-order valence-corrected chi connectivity index (χ0v) is 18.4. The molecule has 32 heavy (non-hydrogen) atoms. The Labute approximate surface area is 185 Å². The average Bonchev–Trinajstić information content (AvgIpc) is 3.16. The number of sulfonamides is 1. The van der Waals surface area contributed by atoms with Crippen LogP contribution in [0, 0.1) is 6.92 Å². The smallest absolute Gasteiger partial charge is 0.341 e. The van der Waals surface area contributed by atoms with Crippen molar-refractivity contribution in [3.8, 4) is 5.69 Å². The topological polar surface area (TPSA) is 132 Å². The monoisotopic (exact) mass is 457 g/mol. The molecule has 11 heteroatoms. The van der Waals surface area contributed by atoms with E-state index in [0.29, 0.717) is 22.6 Å². The molecule has 0 unspecified atom stereocenters. The Morgan fingerprint density at radius 1 is 1.12 bits per heavy atom. The molecule has 3 rings (SSSR count). The van der Waals surface area contributed by atoms with E-state index in [1.807, 2.05) is 0 Å². The number of carbonyl (C=O) groups excluding carboxylic acids is 2. The average molecular weight is 458 g/mol. The number of hydrogen-bond acceptors (Lipinski definition) is 7. The molecule has 2 heterocycles. The van der Waals surface area contributed by atoms with E-state index >= 15 is 0 Å². The summed E-state index contributed by atoms with van der Waals surface area (Å²) in [6.45, 7) is 3.73. The summed E-state index contributed by atoms with van der Waals surface area (Å²) in [6, 6.07) is 9.82. The van der Waals surface area contributed by atoms with Gasteiger partial charge in [-0.05, 0) is 50.2 Å². The van der Waals surface area contributed by atoms with Crippen molar-refractivity contribution < 1.29 is 22.7 Å². The van der Waals surface area contributed by atoms with Crippen LogP contribution in [0.1, 0.15) is 29.4 Å². The predicted molar refractivity (Wildman–Crippen MR) is 117 cm³/mol. The number of pyridine rings is 1. The van der Waals surface area contributed by atoms with Crippen LogP contribution in [-0.2, 0) is 19.6 Å². The van der Waals surface area contributed by atoms with Gasteiger partial charge in [0.2, 0.25) is 15.9 Å². The summed E-state index contributed by atoms with van der Waals surface area (Å²) < 4.78 is 33.3. The molecule has 0 saturated heterocycles. The third kappa shape index (κ3) is 5.56. The van der Waals surface area contributed by atoms with Crippen molar-refractivity contribution in [1.82, 2.24) is 19.5 Å². The molecular weight excluding hydrogens is 434 g/mol. The SMILES string of the molecule is CCOC(=O)c1cnn(-c2ccc(NC(=O)CCNS(=O)(=O)c3cccnc3)cc2)c1C. The minimum atomic E-state index is -3.71. The van der Waals surface area contributed by atoms with Crippen LogP contribution >= 0.6 is 0 Å². The summed E-state index contributed by atoms with van der Waals surface area (Å²) in [7, 11) is -3.71. The van der Waals surface area contributed by atoms with Gasteiger partial charge in [-0.15, -0.1) is 0 Å². The highest BCUT2D eigenvalue weighted by molar-refractivity contribution is 7.89. The number of rotatable bonds is 9. The highest BCUT2D eigenvalue weighted by atomic mass is 32.2. The fourth-order valence-electron chi connectivity index (χ4n) is 2.88. The Balaban J connectivity index is 1.56. The van der Waals surface area contributed by atoms with Crippen molar-refractivity contribution in [3.63, 3.8) is 0 Å². The minimum absolute atomic E-state index is 0.0380. The molecule has 2 aromatic heterocycles. The molecule has 0 saturated carbocycles. The second-order valence-corrected chi connectivity index (χ2v) is 8.47. The standard InChI is InChI=1S/C21H23N5O5S/c1-3-31-21(28)19-14-23-26(15(19)2)17-8-6-16(7-9-17)25-20(27)10-12-24-32(29,30)18-5-4-11-22-13-18/h4-9,11,13-14,24H,3,10,12H2,1-2H3,(H,25,27). The molecular formula is C21H23N5O5S.